The summed E-state index contributed by atoms with van der Waals surface area (Å²) >= 11 is 0. The van der Waals surface area contributed by atoms with Gasteiger partial charge < -0.3 is 15.3 Å². The van der Waals surface area contributed by atoms with E-state index in [2.05, 4.69) is 20.5 Å². The SMILES string of the molecule is O=C(O)c1cc(N=Nc2ccc(N=Nc3c(O)ccc4cc(S(=O)(=O)O)ccc34)c3ccccc23)ccc1O. The minimum Gasteiger partial charge on any atom is -0.507 e. The zero-order valence-electron chi connectivity index (χ0n) is 19.8. The molecule has 12 heteroatoms. The van der Waals surface area contributed by atoms with Crippen molar-refractivity contribution in [1.82, 2.24) is 0 Å². The molecule has 4 N–H and O–H groups in total. The van der Waals surface area contributed by atoms with Crippen LogP contribution in [0, 0.1) is 0 Å². The molecule has 0 saturated heterocycles. The summed E-state index contributed by atoms with van der Waals surface area (Å²) in [6, 6.07) is 21.1. The lowest BCUT2D eigenvalue weighted by atomic mass is 10.1. The lowest BCUT2D eigenvalue weighted by molar-refractivity contribution is 0.0693. The number of carboxylic acid groups (broad SMARTS) is 1. The number of aromatic carboxylic acids is 1. The lowest BCUT2D eigenvalue weighted by Gasteiger charge is -2.07. The maximum absolute atomic E-state index is 11.5. The molecule has 0 aliphatic rings. The number of rotatable bonds is 6. The van der Waals surface area contributed by atoms with Crippen LogP contribution in [0.15, 0.2) is 110 Å². The first-order valence-corrected chi connectivity index (χ1v) is 12.7. The van der Waals surface area contributed by atoms with E-state index < -0.39 is 16.1 Å². The number of carbonyl (C=O) groups is 1. The number of phenols is 2. The molecule has 0 spiro atoms. The summed E-state index contributed by atoms with van der Waals surface area (Å²) in [7, 11) is -4.40. The molecule has 0 heterocycles. The largest absolute Gasteiger partial charge is 0.507 e. The van der Waals surface area contributed by atoms with E-state index in [4.69, 9.17) is 0 Å². The van der Waals surface area contributed by atoms with Crippen molar-refractivity contribution in [3.05, 3.63) is 90.5 Å². The Hall–Kier alpha value is -5.20. The summed E-state index contributed by atoms with van der Waals surface area (Å²) in [5.74, 6) is -1.84. The van der Waals surface area contributed by atoms with Gasteiger partial charge in [0.1, 0.15) is 22.7 Å². The summed E-state index contributed by atoms with van der Waals surface area (Å²) in [5, 5.41) is 48.4. The van der Waals surface area contributed by atoms with E-state index >= 15 is 0 Å². The fraction of sp³-hybridized carbons (Fsp3) is 0. The Balaban J connectivity index is 1.53. The molecule has 194 valence electrons. The van der Waals surface area contributed by atoms with Crippen LogP contribution in [-0.2, 0) is 10.1 Å². The molecule has 5 rings (SSSR count). The van der Waals surface area contributed by atoms with Gasteiger partial charge in [0.15, 0.2) is 0 Å². The van der Waals surface area contributed by atoms with E-state index in [1.807, 2.05) is 0 Å². The third-order valence-corrected chi connectivity index (χ3v) is 6.71. The Morgan fingerprint density at radius 1 is 0.667 bits per heavy atom. The van der Waals surface area contributed by atoms with Crippen LogP contribution in [0.4, 0.5) is 22.7 Å². The fourth-order valence-corrected chi connectivity index (χ4v) is 4.48. The van der Waals surface area contributed by atoms with Gasteiger partial charge in [-0.05, 0) is 53.9 Å². The molecule has 0 amide bonds. The molecule has 11 nitrogen and oxygen atoms in total. The van der Waals surface area contributed by atoms with E-state index in [-0.39, 0.29) is 33.3 Å². The van der Waals surface area contributed by atoms with Crippen molar-refractivity contribution in [3.63, 3.8) is 0 Å². The van der Waals surface area contributed by atoms with Crippen LogP contribution in [0.25, 0.3) is 21.5 Å². The number of hydrogen-bond donors (Lipinski definition) is 4. The van der Waals surface area contributed by atoms with Gasteiger partial charge in [0.25, 0.3) is 10.1 Å². The van der Waals surface area contributed by atoms with Crippen molar-refractivity contribution in [2.75, 3.05) is 0 Å². The summed E-state index contributed by atoms with van der Waals surface area (Å²) in [6.45, 7) is 0. The molecule has 39 heavy (non-hydrogen) atoms. The van der Waals surface area contributed by atoms with Crippen LogP contribution in [0.5, 0.6) is 11.5 Å². The second kappa shape index (κ2) is 9.93. The molecule has 5 aromatic rings. The van der Waals surface area contributed by atoms with Gasteiger partial charge in [0.05, 0.1) is 22.0 Å². The Bertz CT molecular complexity index is 1950. The van der Waals surface area contributed by atoms with Crippen LogP contribution in [0.2, 0.25) is 0 Å². The van der Waals surface area contributed by atoms with E-state index in [9.17, 15) is 33.1 Å². The van der Waals surface area contributed by atoms with Crippen LogP contribution in [0.3, 0.4) is 0 Å². The summed E-state index contributed by atoms with van der Waals surface area (Å²) in [4.78, 5) is 11.0. The van der Waals surface area contributed by atoms with E-state index in [1.54, 1.807) is 36.4 Å². The third-order valence-electron chi connectivity index (χ3n) is 5.86. The standard InChI is InChI=1S/C27H18N4O7S/c32-24-12-6-16(14-21(24)27(34)35)28-29-22-9-10-23(20-4-2-1-3-19(20)22)30-31-26-18-8-7-17(39(36,37)38)13-15(18)5-11-25(26)33/h1-14,32-33H,(H,34,35)(H,36,37,38). The van der Waals surface area contributed by atoms with Gasteiger partial charge in [0.2, 0.25) is 0 Å². The molecule has 0 bridgehead atoms. The molecule has 0 saturated carbocycles. The zero-order chi connectivity index (χ0) is 27.7. The Morgan fingerprint density at radius 2 is 1.31 bits per heavy atom. The number of hydrogen-bond acceptors (Lipinski definition) is 9. The number of nitrogens with zero attached hydrogens (tertiary/aromatic N) is 4. The van der Waals surface area contributed by atoms with Gasteiger partial charge in [-0.3, -0.25) is 4.55 Å². The number of benzene rings is 5. The first-order chi connectivity index (χ1) is 18.6. The van der Waals surface area contributed by atoms with Crippen molar-refractivity contribution in [3.8, 4) is 11.5 Å². The van der Waals surface area contributed by atoms with Gasteiger partial charge in [-0.25, -0.2) is 4.79 Å². The zero-order valence-corrected chi connectivity index (χ0v) is 20.6. The minimum atomic E-state index is -4.40. The molecule has 0 unspecified atom stereocenters. The van der Waals surface area contributed by atoms with Crippen molar-refractivity contribution in [2.45, 2.75) is 4.90 Å². The molecule has 0 aliphatic carbocycles. The summed E-state index contributed by atoms with van der Waals surface area (Å²) < 4.78 is 32.3. The van der Waals surface area contributed by atoms with Crippen LogP contribution >= 0.6 is 0 Å². The van der Waals surface area contributed by atoms with Gasteiger partial charge in [-0.2, -0.15) is 13.5 Å². The number of azo groups is 2. The number of aromatic hydroxyl groups is 2. The van der Waals surface area contributed by atoms with E-state index in [0.717, 1.165) is 0 Å². The molecule has 0 fully saturated rings. The van der Waals surface area contributed by atoms with Crippen molar-refractivity contribution in [1.29, 1.82) is 0 Å². The lowest BCUT2D eigenvalue weighted by Crippen LogP contribution is -1.97. The maximum atomic E-state index is 11.5. The Labute approximate surface area is 220 Å². The minimum absolute atomic E-state index is 0.115. The third kappa shape index (κ3) is 5.14. The van der Waals surface area contributed by atoms with Gasteiger partial charge in [-0.1, -0.05) is 36.4 Å². The Kier molecular flexibility index (Phi) is 6.48. The average molecular weight is 543 g/mol. The monoisotopic (exact) mass is 542 g/mol. The van der Waals surface area contributed by atoms with Crippen LogP contribution < -0.4 is 0 Å². The Morgan fingerprint density at radius 3 is 1.95 bits per heavy atom. The number of phenolic OH excluding ortho intramolecular Hbond substituents is 1. The van der Waals surface area contributed by atoms with Gasteiger partial charge >= 0.3 is 5.97 Å². The average Bonchev–Trinajstić information content (AvgIpc) is 2.91. The molecular weight excluding hydrogens is 524 g/mol. The number of carboxylic acids is 1. The highest BCUT2D eigenvalue weighted by molar-refractivity contribution is 7.85. The first kappa shape index (κ1) is 25.4. The highest BCUT2D eigenvalue weighted by Gasteiger charge is 2.14. The predicted molar refractivity (Wildman–Crippen MR) is 143 cm³/mol. The quantitative estimate of drug-likeness (QED) is 0.129. The second-order valence-electron chi connectivity index (χ2n) is 8.35. The molecule has 0 aromatic heterocycles. The van der Waals surface area contributed by atoms with E-state index in [1.165, 1.54) is 48.5 Å². The number of fused-ring (bicyclic) bond motifs is 2. The van der Waals surface area contributed by atoms with Crippen molar-refractivity contribution < 1.29 is 33.1 Å². The highest BCUT2D eigenvalue weighted by Crippen LogP contribution is 2.39. The molecule has 0 aliphatic heterocycles. The van der Waals surface area contributed by atoms with Gasteiger partial charge in [-0.15, -0.1) is 15.3 Å². The smallest absolute Gasteiger partial charge is 0.339 e. The second-order valence-corrected chi connectivity index (χ2v) is 9.77. The van der Waals surface area contributed by atoms with Crippen molar-refractivity contribution in [2.24, 2.45) is 20.5 Å². The highest BCUT2D eigenvalue weighted by atomic mass is 32.2. The molecular formula is C27H18N4O7S. The van der Waals surface area contributed by atoms with Crippen LogP contribution in [-0.4, -0.2) is 34.3 Å². The summed E-state index contributed by atoms with van der Waals surface area (Å²) in [6.07, 6.45) is 0. The normalized spacial score (nSPS) is 12.1. The maximum Gasteiger partial charge on any atom is 0.339 e. The van der Waals surface area contributed by atoms with Gasteiger partial charge in [0, 0.05) is 16.2 Å². The molecule has 0 radical (unpaired) electrons. The summed E-state index contributed by atoms with van der Waals surface area (Å²) in [5.41, 5.74) is 0.983. The fourth-order valence-electron chi connectivity index (χ4n) is 3.96. The van der Waals surface area contributed by atoms with E-state index in [0.29, 0.717) is 32.9 Å². The topological polar surface area (TPSA) is 182 Å². The predicted octanol–water partition coefficient (Wildman–Crippen LogP) is 7.18. The van der Waals surface area contributed by atoms with Crippen molar-refractivity contribution >= 4 is 60.4 Å². The molecule has 0 atom stereocenters. The van der Waals surface area contributed by atoms with Crippen LogP contribution in [0.1, 0.15) is 10.4 Å². The molecule has 5 aromatic carbocycles. The first-order valence-electron chi connectivity index (χ1n) is 11.3.